The zero-order chi connectivity index (χ0) is 9.71. The molecule has 0 aromatic rings. The van der Waals surface area contributed by atoms with E-state index >= 15 is 0 Å². The molecular formula is C12H8O2. The number of ketones is 2. The molecule has 0 amide bonds. The summed E-state index contributed by atoms with van der Waals surface area (Å²) in [6.45, 7) is 0. The zero-order valence-corrected chi connectivity index (χ0v) is 7.44. The second kappa shape index (κ2) is 2.41. The van der Waals surface area contributed by atoms with Crippen molar-refractivity contribution in [2.45, 2.75) is 0 Å². The second-order valence-corrected chi connectivity index (χ2v) is 3.73. The molecule has 0 N–H and O–H groups in total. The molecule has 0 heterocycles. The van der Waals surface area contributed by atoms with E-state index in [-0.39, 0.29) is 23.4 Å². The monoisotopic (exact) mass is 184 g/mol. The molecule has 1 saturated carbocycles. The SMILES string of the molecule is O=C1C(=O)C2C=CC=C3C=CC=C1C32. The van der Waals surface area contributed by atoms with Crippen LogP contribution in [0.4, 0.5) is 0 Å². The lowest BCUT2D eigenvalue weighted by Gasteiger charge is -2.21. The van der Waals surface area contributed by atoms with Gasteiger partial charge in [0.1, 0.15) is 0 Å². The fraction of sp³-hybridized carbons (Fsp3) is 0.167. The quantitative estimate of drug-likeness (QED) is 0.533. The molecular weight excluding hydrogens is 176 g/mol. The smallest absolute Gasteiger partial charge is 0.225 e. The van der Waals surface area contributed by atoms with Crippen molar-refractivity contribution in [2.75, 3.05) is 0 Å². The van der Waals surface area contributed by atoms with Crippen molar-refractivity contribution in [1.29, 1.82) is 0 Å². The molecule has 68 valence electrons. The van der Waals surface area contributed by atoms with E-state index in [9.17, 15) is 9.59 Å². The normalized spacial score (nSPS) is 32.9. The van der Waals surface area contributed by atoms with Crippen LogP contribution in [0.15, 0.2) is 47.6 Å². The van der Waals surface area contributed by atoms with Gasteiger partial charge >= 0.3 is 0 Å². The standard InChI is InChI=1S/C12H8O2/c13-11-8-5-1-3-7-4-2-6-9(10(7)8)12(11)14/h1-6,8,10H. The number of carbonyl (C=O) groups is 2. The third kappa shape index (κ3) is 0.757. The molecule has 0 saturated heterocycles. The Morgan fingerprint density at radius 2 is 1.93 bits per heavy atom. The van der Waals surface area contributed by atoms with E-state index in [2.05, 4.69) is 0 Å². The van der Waals surface area contributed by atoms with E-state index in [0.717, 1.165) is 5.57 Å². The van der Waals surface area contributed by atoms with Crippen LogP contribution in [-0.2, 0) is 9.59 Å². The van der Waals surface area contributed by atoms with E-state index in [1.807, 2.05) is 30.4 Å². The number of rotatable bonds is 0. The van der Waals surface area contributed by atoms with Gasteiger partial charge in [0.25, 0.3) is 0 Å². The molecule has 2 heteroatoms. The van der Waals surface area contributed by atoms with E-state index < -0.39 is 0 Å². The van der Waals surface area contributed by atoms with Gasteiger partial charge in [0, 0.05) is 11.5 Å². The van der Waals surface area contributed by atoms with Gasteiger partial charge in [0.2, 0.25) is 11.6 Å². The van der Waals surface area contributed by atoms with Crippen LogP contribution in [0.5, 0.6) is 0 Å². The number of Topliss-reactive ketones (excluding diaryl/α,β-unsaturated/α-hetero) is 2. The largest absolute Gasteiger partial charge is 0.290 e. The Kier molecular flexibility index (Phi) is 1.32. The highest BCUT2D eigenvalue weighted by atomic mass is 16.2. The van der Waals surface area contributed by atoms with Gasteiger partial charge in [0.15, 0.2) is 0 Å². The predicted octanol–water partition coefficient (Wildman–Crippen LogP) is 1.36. The zero-order valence-electron chi connectivity index (χ0n) is 7.44. The molecule has 14 heavy (non-hydrogen) atoms. The van der Waals surface area contributed by atoms with Crippen molar-refractivity contribution in [3.8, 4) is 0 Å². The fourth-order valence-electron chi connectivity index (χ4n) is 2.36. The van der Waals surface area contributed by atoms with Gasteiger partial charge in [0.05, 0.1) is 5.92 Å². The molecule has 2 nitrogen and oxygen atoms in total. The van der Waals surface area contributed by atoms with Crippen molar-refractivity contribution < 1.29 is 9.59 Å². The third-order valence-electron chi connectivity index (χ3n) is 3.01. The van der Waals surface area contributed by atoms with E-state index in [1.54, 1.807) is 6.08 Å². The summed E-state index contributed by atoms with van der Waals surface area (Å²) in [4.78, 5) is 23.2. The Labute approximate surface area is 81.3 Å². The van der Waals surface area contributed by atoms with Crippen molar-refractivity contribution in [3.63, 3.8) is 0 Å². The van der Waals surface area contributed by atoms with Crippen LogP contribution < -0.4 is 0 Å². The molecule has 0 aromatic carbocycles. The molecule has 3 rings (SSSR count). The molecule has 0 aliphatic heterocycles. The number of carbonyl (C=O) groups excluding carboxylic acids is 2. The summed E-state index contributed by atoms with van der Waals surface area (Å²) in [7, 11) is 0. The highest BCUT2D eigenvalue weighted by Crippen LogP contribution is 2.42. The molecule has 3 aliphatic rings. The first-order valence-corrected chi connectivity index (χ1v) is 4.64. The summed E-state index contributed by atoms with van der Waals surface area (Å²) in [5.74, 6) is -0.794. The van der Waals surface area contributed by atoms with E-state index in [0.29, 0.717) is 5.57 Å². The van der Waals surface area contributed by atoms with Crippen LogP contribution in [0.25, 0.3) is 0 Å². The first-order valence-electron chi connectivity index (χ1n) is 4.64. The number of hydrogen-bond acceptors (Lipinski definition) is 2. The van der Waals surface area contributed by atoms with Crippen molar-refractivity contribution in [2.24, 2.45) is 11.8 Å². The maximum absolute atomic E-state index is 11.6. The lowest BCUT2D eigenvalue weighted by atomic mass is 9.80. The first kappa shape index (κ1) is 7.68. The summed E-state index contributed by atoms with van der Waals surface area (Å²) in [6, 6.07) is 0. The predicted molar refractivity (Wildman–Crippen MR) is 51.4 cm³/mol. The average molecular weight is 184 g/mol. The minimum absolute atomic E-state index is 0.00463. The van der Waals surface area contributed by atoms with Crippen LogP contribution in [0, 0.1) is 11.8 Å². The molecule has 0 aromatic heterocycles. The Balaban J connectivity index is 2.24. The average Bonchev–Trinajstić information content (AvgIpc) is 2.47. The van der Waals surface area contributed by atoms with Gasteiger partial charge in [-0.3, -0.25) is 9.59 Å². The highest BCUT2D eigenvalue weighted by Gasteiger charge is 2.46. The van der Waals surface area contributed by atoms with Crippen molar-refractivity contribution in [3.05, 3.63) is 47.6 Å². The third-order valence-corrected chi connectivity index (χ3v) is 3.01. The Hall–Kier alpha value is -1.70. The van der Waals surface area contributed by atoms with Gasteiger partial charge in [-0.25, -0.2) is 0 Å². The minimum atomic E-state index is -0.304. The maximum atomic E-state index is 11.6. The summed E-state index contributed by atoms with van der Waals surface area (Å²) in [6.07, 6.45) is 11.2. The molecule has 3 aliphatic carbocycles. The molecule has 2 atom stereocenters. The maximum Gasteiger partial charge on any atom is 0.225 e. The molecule has 0 radical (unpaired) electrons. The van der Waals surface area contributed by atoms with Crippen LogP contribution in [0.2, 0.25) is 0 Å². The van der Waals surface area contributed by atoms with Crippen LogP contribution >= 0.6 is 0 Å². The van der Waals surface area contributed by atoms with Gasteiger partial charge < -0.3 is 0 Å². The topological polar surface area (TPSA) is 34.1 Å². The molecule has 1 fully saturated rings. The Morgan fingerprint density at radius 3 is 2.79 bits per heavy atom. The summed E-state index contributed by atoms with van der Waals surface area (Å²) >= 11 is 0. The van der Waals surface area contributed by atoms with Gasteiger partial charge in [-0.15, -0.1) is 0 Å². The number of allylic oxidation sites excluding steroid dienone is 8. The summed E-state index contributed by atoms with van der Waals surface area (Å²) in [5, 5.41) is 0. The van der Waals surface area contributed by atoms with Gasteiger partial charge in [-0.2, -0.15) is 0 Å². The Bertz CT molecular complexity index is 461. The molecule has 0 bridgehead atoms. The van der Waals surface area contributed by atoms with E-state index in [4.69, 9.17) is 0 Å². The van der Waals surface area contributed by atoms with E-state index in [1.165, 1.54) is 0 Å². The van der Waals surface area contributed by atoms with Crippen LogP contribution in [0.1, 0.15) is 0 Å². The first-order chi connectivity index (χ1) is 6.79. The number of hydrogen-bond donors (Lipinski definition) is 0. The summed E-state index contributed by atoms with van der Waals surface area (Å²) in [5.41, 5.74) is 1.74. The van der Waals surface area contributed by atoms with Crippen LogP contribution in [-0.4, -0.2) is 11.6 Å². The highest BCUT2D eigenvalue weighted by molar-refractivity contribution is 6.47. The van der Waals surface area contributed by atoms with Crippen molar-refractivity contribution >= 4 is 11.6 Å². The Morgan fingerprint density at radius 1 is 1.07 bits per heavy atom. The van der Waals surface area contributed by atoms with Crippen LogP contribution in [0.3, 0.4) is 0 Å². The lowest BCUT2D eigenvalue weighted by Crippen LogP contribution is -2.17. The summed E-state index contributed by atoms with van der Waals surface area (Å²) < 4.78 is 0. The second-order valence-electron chi connectivity index (χ2n) is 3.73. The lowest BCUT2D eigenvalue weighted by molar-refractivity contribution is -0.133. The van der Waals surface area contributed by atoms with Gasteiger partial charge in [-0.05, 0) is 5.57 Å². The van der Waals surface area contributed by atoms with Crippen molar-refractivity contribution in [1.82, 2.24) is 0 Å². The molecule has 2 unspecified atom stereocenters. The fourth-order valence-corrected chi connectivity index (χ4v) is 2.36. The molecule has 0 spiro atoms. The van der Waals surface area contributed by atoms with Gasteiger partial charge in [-0.1, -0.05) is 36.5 Å². The minimum Gasteiger partial charge on any atom is -0.290 e.